The third-order valence-corrected chi connectivity index (χ3v) is 4.18. The van der Waals surface area contributed by atoms with Crippen LogP contribution in [0.5, 0.6) is 0 Å². The van der Waals surface area contributed by atoms with E-state index in [1.165, 1.54) is 32.1 Å². The fourth-order valence-corrected chi connectivity index (χ4v) is 3.52. The van der Waals surface area contributed by atoms with Gasteiger partial charge in [-0.2, -0.15) is 0 Å². The lowest BCUT2D eigenvalue weighted by atomic mass is 9.67. The molecule has 0 amide bonds. The van der Waals surface area contributed by atoms with Crippen LogP contribution in [0.1, 0.15) is 32.1 Å². The van der Waals surface area contributed by atoms with Crippen molar-refractivity contribution >= 4 is 0 Å². The number of hydrogen-bond acceptors (Lipinski definition) is 1. The third-order valence-electron chi connectivity index (χ3n) is 4.18. The lowest BCUT2D eigenvalue weighted by Crippen LogP contribution is -2.35. The zero-order valence-electron chi connectivity index (χ0n) is 8.11. The number of hydrogen-bond donors (Lipinski definition) is 0. The Morgan fingerprint density at radius 2 is 2.08 bits per heavy atom. The summed E-state index contributed by atoms with van der Waals surface area (Å²) < 4.78 is 5.77. The molecular formula is C12H18O. The number of fused-ring (bicyclic) bond motifs is 3. The summed E-state index contributed by atoms with van der Waals surface area (Å²) in [7, 11) is 0. The van der Waals surface area contributed by atoms with E-state index < -0.39 is 0 Å². The highest BCUT2D eigenvalue weighted by atomic mass is 16.5. The second-order valence-electron chi connectivity index (χ2n) is 4.78. The van der Waals surface area contributed by atoms with Crippen LogP contribution in [0.3, 0.4) is 0 Å². The van der Waals surface area contributed by atoms with Gasteiger partial charge in [0.05, 0.1) is 6.10 Å². The van der Waals surface area contributed by atoms with Crippen LogP contribution in [0.15, 0.2) is 12.2 Å². The Balaban J connectivity index is 1.84. The van der Waals surface area contributed by atoms with E-state index in [2.05, 4.69) is 12.2 Å². The molecule has 13 heavy (non-hydrogen) atoms. The largest absolute Gasteiger partial charge is 0.378 e. The van der Waals surface area contributed by atoms with Gasteiger partial charge in [-0.05, 0) is 49.9 Å². The van der Waals surface area contributed by atoms with Crippen molar-refractivity contribution in [1.82, 2.24) is 0 Å². The second kappa shape index (κ2) is 3.13. The molecule has 4 atom stereocenters. The number of allylic oxidation sites excluding steroid dienone is 2. The second-order valence-corrected chi connectivity index (χ2v) is 4.78. The first-order chi connectivity index (χ1) is 6.45. The molecule has 1 saturated carbocycles. The van der Waals surface area contributed by atoms with Crippen LogP contribution in [-0.2, 0) is 4.74 Å². The zero-order valence-corrected chi connectivity index (χ0v) is 8.11. The van der Waals surface area contributed by atoms with Gasteiger partial charge in [0.1, 0.15) is 0 Å². The van der Waals surface area contributed by atoms with Crippen molar-refractivity contribution in [3.05, 3.63) is 12.2 Å². The molecule has 3 aliphatic rings. The lowest BCUT2D eigenvalue weighted by Gasteiger charge is -2.39. The van der Waals surface area contributed by atoms with E-state index in [9.17, 15) is 0 Å². The molecule has 4 unspecified atom stereocenters. The quantitative estimate of drug-likeness (QED) is 0.518. The summed E-state index contributed by atoms with van der Waals surface area (Å²) in [4.78, 5) is 0. The van der Waals surface area contributed by atoms with E-state index in [4.69, 9.17) is 4.74 Å². The van der Waals surface area contributed by atoms with Gasteiger partial charge >= 0.3 is 0 Å². The van der Waals surface area contributed by atoms with Crippen molar-refractivity contribution in [3.63, 3.8) is 0 Å². The predicted molar refractivity (Wildman–Crippen MR) is 52.4 cm³/mol. The maximum Gasteiger partial charge on any atom is 0.0609 e. The molecule has 1 saturated heterocycles. The molecule has 0 aromatic carbocycles. The summed E-state index contributed by atoms with van der Waals surface area (Å²) in [6, 6.07) is 0. The van der Waals surface area contributed by atoms with E-state index in [0.717, 1.165) is 24.4 Å². The van der Waals surface area contributed by atoms with E-state index in [1.54, 1.807) is 0 Å². The molecule has 72 valence electrons. The van der Waals surface area contributed by atoms with Crippen molar-refractivity contribution in [1.29, 1.82) is 0 Å². The Morgan fingerprint density at radius 1 is 1.08 bits per heavy atom. The first kappa shape index (κ1) is 8.05. The molecule has 0 bridgehead atoms. The monoisotopic (exact) mass is 178 g/mol. The minimum Gasteiger partial charge on any atom is -0.378 e. The van der Waals surface area contributed by atoms with Crippen LogP contribution >= 0.6 is 0 Å². The normalized spacial score (nSPS) is 48.6. The van der Waals surface area contributed by atoms with Crippen molar-refractivity contribution in [2.75, 3.05) is 6.61 Å². The molecule has 0 N–H and O–H groups in total. The van der Waals surface area contributed by atoms with Crippen LogP contribution in [0, 0.1) is 17.8 Å². The molecule has 1 aliphatic heterocycles. The highest BCUT2D eigenvalue weighted by Crippen LogP contribution is 2.45. The van der Waals surface area contributed by atoms with Crippen LogP contribution in [0.25, 0.3) is 0 Å². The first-order valence-corrected chi connectivity index (χ1v) is 5.73. The summed E-state index contributed by atoms with van der Waals surface area (Å²) >= 11 is 0. The molecule has 2 aliphatic carbocycles. The molecule has 1 heterocycles. The Morgan fingerprint density at radius 3 is 3.08 bits per heavy atom. The third kappa shape index (κ3) is 1.25. The minimum absolute atomic E-state index is 0.615. The van der Waals surface area contributed by atoms with Crippen molar-refractivity contribution < 1.29 is 4.74 Å². The smallest absolute Gasteiger partial charge is 0.0609 e. The van der Waals surface area contributed by atoms with Crippen molar-refractivity contribution in [3.8, 4) is 0 Å². The Labute approximate surface area is 80.2 Å². The van der Waals surface area contributed by atoms with Gasteiger partial charge in [0.15, 0.2) is 0 Å². The average molecular weight is 178 g/mol. The topological polar surface area (TPSA) is 9.23 Å². The van der Waals surface area contributed by atoms with E-state index >= 15 is 0 Å². The van der Waals surface area contributed by atoms with Gasteiger partial charge in [-0.15, -0.1) is 0 Å². The molecule has 1 heteroatoms. The van der Waals surface area contributed by atoms with Crippen LogP contribution in [-0.4, -0.2) is 12.7 Å². The summed E-state index contributed by atoms with van der Waals surface area (Å²) in [5, 5.41) is 0. The van der Waals surface area contributed by atoms with Gasteiger partial charge in [-0.25, -0.2) is 0 Å². The van der Waals surface area contributed by atoms with Gasteiger partial charge in [-0.1, -0.05) is 12.2 Å². The van der Waals surface area contributed by atoms with E-state index in [0.29, 0.717) is 6.10 Å². The van der Waals surface area contributed by atoms with Gasteiger partial charge in [0.25, 0.3) is 0 Å². The molecule has 1 nitrogen and oxygen atoms in total. The average Bonchev–Trinajstić information content (AvgIpc) is 2.65. The van der Waals surface area contributed by atoms with Crippen molar-refractivity contribution in [2.24, 2.45) is 17.8 Å². The zero-order chi connectivity index (χ0) is 8.67. The van der Waals surface area contributed by atoms with E-state index in [-0.39, 0.29) is 0 Å². The van der Waals surface area contributed by atoms with Crippen LogP contribution in [0.4, 0.5) is 0 Å². The highest BCUT2D eigenvalue weighted by Gasteiger charge is 2.41. The van der Waals surface area contributed by atoms with Gasteiger partial charge < -0.3 is 4.74 Å². The predicted octanol–water partition coefficient (Wildman–Crippen LogP) is 2.77. The molecular weight excluding hydrogens is 160 g/mol. The Kier molecular flexibility index (Phi) is 1.93. The Hall–Kier alpha value is -0.300. The Bertz CT molecular complexity index is 221. The van der Waals surface area contributed by atoms with Crippen LogP contribution in [0.2, 0.25) is 0 Å². The van der Waals surface area contributed by atoms with Gasteiger partial charge in [0, 0.05) is 6.61 Å². The first-order valence-electron chi connectivity index (χ1n) is 5.73. The molecule has 0 aromatic rings. The number of rotatable bonds is 0. The number of ether oxygens (including phenoxy) is 1. The summed E-state index contributed by atoms with van der Waals surface area (Å²) in [6.45, 7) is 1.02. The lowest BCUT2D eigenvalue weighted by molar-refractivity contribution is 0.0289. The molecule has 3 rings (SSSR count). The summed E-state index contributed by atoms with van der Waals surface area (Å²) in [5.74, 6) is 2.73. The fourth-order valence-electron chi connectivity index (χ4n) is 3.52. The maximum atomic E-state index is 5.77. The maximum absolute atomic E-state index is 5.77. The summed E-state index contributed by atoms with van der Waals surface area (Å²) in [6.07, 6.45) is 12.3. The molecule has 0 spiro atoms. The van der Waals surface area contributed by atoms with E-state index in [1.807, 2.05) is 0 Å². The summed E-state index contributed by atoms with van der Waals surface area (Å²) in [5.41, 5.74) is 0. The fraction of sp³-hybridized carbons (Fsp3) is 0.833. The SMILES string of the molecule is C1=CC2C(CC1)CCC1OCCC12. The van der Waals surface area contributed by atoms with Gasteiger partial charge in [-0.3, -0.25) is 0 Å². The molecule has 0 aromatic heterocycles. The molecule has 2 fully saturated rings. The standard InChI is InChI=1S/C12H18O/c1-2-4-10-9(3-1)5-6-12-11(10)7-8-13-12/h2,4,9-12H,1,3,5-8H2. The van der Waals surface area contributed by atoms with Crippen molar-refractivity contribution in [2.45, 2.75) is 38.2 Å². The highest BCUT2D eigenvalue weighted by molar-refractivity contribution is 5.04. The molecule has 0 radical (unpaired) electrons. The van der Waals surface area contributed by atoms with Crippen LogP contribution < -0.4 is 0 Å². The van der Waals surface area contributed by atoms with Gasteiger partial charge in [0.2, 0.25) is 0 Å². The minimum atomic E-state index is 0.615.